The van der Waals surface area contributed by atoms with Crippen molar-refractivity contribution in [2.24, 2.45) is 0 Å². The Balaban J connectivity index is 2.26. The van der Waals surface area contributed by atoms with Crippen LogP contribution in [0.15, 0.2) is 23.1 Å². The summed E-state index contributed by atoms with van der Waals surface area (Å²) in [7, 11) is -3.77. The van der Waals surface area contributed by atoms with Crippen LogP contribution in [0.4, 0.5) is 4.39 Å². The quantitative estimate of drug-likeness (QED) is 0.841. The minimum absolute atomic E-state index is 0.0842. The second kappa shape index (κ2) is 8.04. The van der Waals surface area contributed by atoms with Crippen LogP contribution in [0.3, 0.4) is 0 Å². The minimum Gasteiger partial charge on any atom is -0.379 e. The lowest BCUT2D eigenvalue weighted by Gasteiger charge is -2.26. The van der Waals surface area contributed by atoms with E-state index in [1.54, 1.807) is 0 Å². The summed E-state index contributed by atoms with van der Waals surface area (Å²) < 4.78 is 45.7. The highest BCUT2D eigenvalue weighted by molar-refractivity contribution is 7.89. The fourth-order valence-corrected chi connectivity index (χ4v) is 4.02. The van der Waals surface area contributed by atoms with Gasteiger partial charge in [-0.25, -0.2) is 12.8 Å². The molecule has 6 nitrogen and oxygen atoms in total. The van der Waals surface area contributed by atoms with E-state index in [0.717, 1.165) is 25.0 Å². The summed E-state index contributed by atoms with van der Waals surface area (Å²) in [5.74, 6) is -1.34. The fraction of sp³-hybridized carbons (Fsp3) is 0.562. The number of halogens is 1. The molecule has 8 heteroatoms. The zero-order valence-electron chi connectivity index (χ0n) is 13.9. The highest BCUT2D eigenvalue weighted by Crippen LogP contribution is 2.20. The lowest BCUT2D eigenvalue weighted by atomic mass is 10.1. The van der Waals surface area contributed by atoms with Gasteiger partial charge in [0, 0.05) is 19.1 Å². The molecule has 24 heavy (non-hydrogen) atoms. The molecule has 1 unspecified atom stereocenters. The Morgan fingerprint density at radius 2 is 2.04 bits per heavy atom. The number of nitrogens with zero attached hydrogens (tertiary/aromatic N) is 1. The number of benzene rings is 1. The van der Waals surface area contributed by atoms with Crippen molar-refractivity contribution in [1.29, 1.82) is 0 Å². The average Bonchev–Trinajstić information content (AvgIpc) is 2.56. The molecule has 1 amide bonds. The van der Waals surface area contributed by atoms with Crippen LogP contribution in [0, 0.1) is 5.82 Å². The van der Waals surface area contributed by atoms with E-state index < -0.39 is 21.7 Å². The van der Waals surface area contributed by atoms with Gasteiger partial charge in [-0.1, -0.05) is 13.3 Å². The summed E-state index contributed by atoms with van der Waals surface area (Å²) in [6.07, 6.45) is 1.65. The molecule has 0 radical (unpaired) electrons. The summed E-state index contributed by atoms with van der Waals surface area (Å²) >= 11 is 0. The van der Waals surface area contributed by atoms with E-state index in [0.29, 0.717) is 13.2 Å². The van der Waals surface area contributed by atoms with Crippen LogP contribution in [0.5, 0.6) is 0 Å². The Labute approximate surface area is 142 Å². The molecule has 0 spiro atoms. The van der Waals surface area contributed by atoms with Crippen molar-refractivity contribution < 1.29 is 22.3 Å². The van der Waals surface area contributed by atoms with Gasteiger partial charge in [0.15, 0.2) is 0 Å². The first-order valence-corrected chi connectivity index (χ1v) is 9.48. The van der Waals surface area contributed by atoms with E-state index in [1.807, 2.05) is 13.8 Å². The number of rotatable bonds is 6. The molecule has 0 aromatic heterocycles. The monoisotopic (exact) mass is 358 g/mol. The Morgan fingerprint density at radius 3 is 2.67 bits per heavy atom. The number of morpholine rings is 1. The van der Waals surface area contributed by atoms with Crippen molar-refractivity contribution in [3.05, 3.63) is 29.6 Å². The van der Waals surface area contributed by atoms with Gasteiger partial charge >= 0.3 is 0 Å². The number of carbonyl (C=O) groups excluding carboxylic acids is 1. The normalized spacial score (nSPS) is 17.5. The molecule has 0 bridgehead atoms. The van der Waals surface area contributed by atoms with Gasteiger partial charge in [-0.15, -0.1) is 0 Å². The summed E-state index contributed by atoms with van der Waals surface area (Å²) in [6.45, 7) is 4.94. The van der Waals surface area contributed by atoms with E-state index >= 15 is 0 Å². The van der Waals surface area contributed by atoms with Crippen molar-refractivity contribution in [3.8, 4) is 0 Å². The molecule has 1 atom stereocenters. The largest absolute Gasteiger partial charge is 0.379 e. The van der Waals surface area contributed by atoms with Gasteiger partial charge in [0.05, 0.1) is 23.7 Å². The summed E-state index contributed by atoms with van der Waals surface area (Å²) in [4.78, 5) is 12.1. The van der Waals surface area contributed by atoms with E-state index in [1.165, 1.54) is 10.4 Å². The number of carbonyl (C=O) groups is 1. The third-order valence-corrected chi connectivity index (χ3v) is 5.78. The molecule has 0 saturated carbocycles. The number of hydrogen-bond donors (Lipinski definition) is 1. The van der Waals surface area contributed by atoms with Crippen molar-refractivity contribution in [2.75, 3.05) is 26.3 Å². The molecule has 1 N–H and O–H groups in total. The molecule has 1 aliphatic rings. The maximum absolute atomic E-state index is 14.0. The van der Waals surface area contributed by atoms with Crippen LogP contribution in [-0.4, -0.2) is 51.0 Å². The Morgan fingerprint density at radius 1 is 1.38 bits per heavy atom. The topological polar surface area (TPSA) is 75.7 Å². The van der Waals surface area contributed by atoms with Crippen LogP contribution in [0.25, 0.3) is 0 Å². The molecule has 1 aromatic rings. The first kappa shape index (κ1) is 18.8. The maximum atomic E-state index is 14.0. The van der Waals surface area contributed by atoms with E-state index in [-0.39, 0.29) is 29.6 Å². The van der Waals surface area contributed by atoms with E-state index in [2.05, 4.69) is 5.32 Å². The Bertz CT molecular complexity index is 687. The molecular formula is C16H23FN2O4S. The number of hydrogen-bond acceptors (Lipinski definition) is 4. The van der Waals surface area contributed by atoms with Gasteiger partial charge in [0.1, 0.15) is 5.82 Å². The standard InChI is InChI=1S/C16H23FN2O4S/c1-3-4-12(2)18-16(20)14-11-13(5-6-15(14)17)24(21,22)19-7-9-23-10-8-19/h5-6,11-12H,3-4,7-10H2,1-2H3,(H,18,20). The smallest absolute Gasteiger partial charge is 0.254 e. The van der Waals surface area contributed by atoms with E-state index in [4.69, 9.17) is 4.74 Å². The van der Waals surface area contributed by atoms with Gasteiger partial charge in [-0.05, 0) is 31.5 Å². The first-order chi connectivity index (χ1) is 11.4. The lowest BCUT2D eigenvalue weighted by molar-refractivity contribution is 0.0730. The summed E-state index contributed by atoms with van der Waals surface area (Å²) in [6, 6.07) is 3.20. The number of nitrogens with one attached hydrogen (secondary N) is 1. The SMILES string of the molecule is CCCC(C)NC(=O)c1cc(S(=O)(=O)N2CCOCC2)ccc1F. The third-order valence-electron chi connectivity index (χ3n) is 3.89. The third kappa shape index (κ3) is 4.31. The minimum atomic E-state index is -3.77. The summed E-state index contributed by atoms with van der Waals surface area (Å²) in [5.41, 5.74) is -0.257. The number of amides is 1. The molecule has 0 aliphatic carbocycles. The van der Waals surface area contributed by atoms with Crippen LogP contribution >= 0.6 is 0 Å². The average molecular weight is 358 g/mol. The van der Waals surface area contributed by atoms with Crippen LogP contribution in [-0.2, 0) is 14.8 Å². The van der Waals surface area contributed by atoms with Gasteiger partial charge in [-0.2, -0.15) is 4.31 Å². The molecule has 134 valence electrons. The maximum Gasteiger partial charge on any atom is 0.254 e. The molecule has 1 heterocycles. The molecule has 2 rings (SSSR count). The van der Waals surface area contributed by atoms with Crippen LogP contribution in [0.2, 0.25) is 0 Å². The predicted octanol–water partition coefficient (Wildman–Crippen LogP) is 1.76. The molecule has 1 fully saturated rings. The van der Waals surface area contributed by atoms with Crippen molar-refractivity contribution in [1.82, 2.24) is 9.62 Å². The fourth-order valence-electron chi connectivity index (χ4n) is 2.58. The highest BCUT2D eigenvalue weighted by Gasteiger charge is 2.28. The van der Waals surface area contributed by atoms with Gasteiger partial charge in [0.25, 0.3) is 5.91 Å². The van der Waals surface area contributed by atoms with Gasteiger partial charge in [0.2, 0.25) is 10.0 Å². The lowest BCUT2D eigenvalue weighted by Crippen LogP contribution is -2.40. The number of sulfonamides is 1. The predicted molar refractivity (Wildman–Crippen MR) is 87.8 cm³/mol. The second-order valence-corrected chi connectivity index (χ2v) is 7.76. The van der Waals surface area contributed by atoms with Crippen LogP contribution in [0.1, 0.15) is 37.0 Å². The first-order valence-electron chi connectivity index (χ1n) is 8.04. The van der Waals surface area contributed by atoms with E-state index in [9.17, 15) is 17.6 Å². The molecule has 1 aromatic carbocycles. The molecular weight excluding hydrogens is 335 g/mol. The molecule has 1 aliphatic heterocycles. The Kier molecular flexibility index (Phi) is 6.31. The summed E-state index contributed by atoms with van der Waals surface area (Å²) in [5, 5.41) is 2.69. The molecule has 1 saturated heterocycles. The zero-order chi connectivity index (χ0) is 17.7. The van der Waals surface area contributed by atoms with Crippen molar-refractivity contribution in [3.63, 3.8) is 0 Å². The zero-order valence-corrected chi connectivity index (χ0v) is 14.7. The Hall–Kier alpha value is -1.51. The number of ether oxygens (including phenoxy) is 1. The second-order valence-electron chi connectivity index (χ2n) is 5.82. The van der Waals surface area contributed by atoms with Crippen molar-refractivity contribution >= 4 is 15.9 Å². The highest BCUT2D eigenvalue weighted by atomic mass is 32.2. The van der Waals surface area contributed by atoms with Gasteiger partial charge < -0.3 is 10.1 Å². The van der Waals surface area contributed by atoms with Crippen molar-refractivity contribution in [2.45, 2.75) is 37.6 Å². The van der Waals surface area contributed by atoms with Crippen LogP contribution < -0.4 is 5.32 Å². The van der Waals surface area contributed by atoms with Gasteiger partial charge in [-0.3, -0.25) is 4.79 Å².